The van der Waals surface area contributed by atoms with Crippen LogP contribution in [0.3, 0.4) is 0 Å². The lowest BCUT2D eigenvalue weighted by atomic mass is 9.88. The number of hydrogen-bond acceptors (Lipinski definition) is 2. The van der Waals surface area contributed by atoms with Gasteiger partial charge in [-0.1, -0.05) is 6.42 Å². The zero-order valence-electron chi connectivity index (χ0n) is 11.5. The standard InChI is InChI=1S/C15H28N2/c1-11(13-5-7-17(2)8-6-13)16-15-10-12-3-4-14(15)9-12/h11-16H,3-10H2,1-2H3. The van der Waals surface area contributed by atoms with Gasteiger partial charge in [0, 0.05) is 12.1 Å². The van der Waals surface area contributed by atoms with E-state index >= 15 is 0 Å². The highest BCUT2D eigenvalue weighted by Gasteiger charge is 2.40. The van der Waals surface area contributed by atoms with E-state index in [0.717, 1.165) is 29.8 Å². The zero-order chi connectivity index (χ0) is 11.8. The van der Waals surface area contributed by atoms with Gasteiger partial charge in [-0.2, -0.15) is 0 Å². The lowest BCUT2D eigenvalue weighted by molar-refractivity contribution is 0.175. The first kappa shape index (κ1) is 12.0. The van der Waals surface area contributed by atoms with Gasteiger partial charge in [-0.3, -0.25) is 0 Å². The zero-order valence-corrected chi connectivity index (χ0v) is 11.5. The van der Waals surface area contributed by atoms with Crippen LogP contribution in [0.15, 0.2) is 0 Å². The van der Waals surface area contributed by atoms with Crippen molar-refractivity contribution >= 4 is 0 Å². The van der Waals surface area contributed by atoms with Crippen molar-refractivity contribution in [3.05, 3.63) is 0 Å². The van der Waals surface area contributed by atoms with E-state index in [4.69, 9.17) is 0 Å². The number of rotatable bonds is 3. The van der Waals surface area contributed by atoms with Crippen molar-refractivity contribution in [1.82, 2.24) is 10.2 Å². The number of hydrogen-bond donors (Lipinski definition) is 1. The molecule has 0 aromatic heterocycles. The van der Waals surface area contributed by atoms with Crippen LogP contribution in [0, 0.1) is 17.8 Å². The normalized spacial score (nSPS) is 40.9. The summed E-state index contributed by atoms with van der Waals surface area (Å²) in [4.78, 5) is 2.47. The van der Waals surface area contributed by atoms with Crippen molar-refractivity contribution in [2.45, 2.75) is 57.5 Å². The van der Waals surface area contributed by atoms with E-state index in [1.54, 1.807) is 0 Å². The van der Waals surface area contributed by atoms with Crippen LogP contribution in [0.5, 0.6) is 0 Å². The summed E-state index contributed by atoms with van der Waals surface area (Å²) in [6, 6.07) is 1.61. The molecule has 2 aliphatic carbocycles. The topological polar surface area (TPSA) is 15.3 Å². The second kappa shape index (κ2) is 4.89. The van der Waals surface area contributed by atoms with Gasteiger partial charge in [0.25, 0.3) is 0 Å². The molecule has 3 aliphatic rings. The Bertz CT molecular complexity index is 258. The Hall–Kier alpha value is -0.0800. The van der Waals surface area contributed by atoms with Crippen LogP contribution < -0.4 is 5.32 Å². The summed E-state index contributed by atoms with van der Waals surface area (Å²) in [5.74, 6) is 3.02. The third kappa shape index (κ3) is 2.53. The maximum absolute atomic E-state index is 3.98. The molecule has 0 amide bonds. The lowest BCUT2D eigenvalue weighted by Crippen LogP contribution is -2.46. The molecule has 1 saturated heterocycles. The molecular formula is C15H28N2. The van der Waals surface area contributed by atoms with Gasteiger partial charge in [0.05, 0.1) is 0 Å². The molecule has 0 aromatic carbocycles. The summed E-state index contributed by atoms with van der Waals surface area (Å²) in [7, 11) is 2.25. The lowest BCUT2D eigenvalue weighted by Gasteiger charge is -2.36. The monoisotopic (exact) mass is 236 g/mol. The molecule has 3 rings (SSSR count). The Morgan fingerprint density at radius 3 is 2.41 bits per heavy atom. The van der Waals surface area contributed by atoms with Gasteiger partial charge in [-0.25, -0.2) is 0 Å². The predicted molar refractivity (Wildman–Crippen MR) is 72.1 cm³/mol. The number of nitrogens with zero attached hydrogens (tertiary/aromatic N) is 1. The van der Waals surface area contributed by atoms with E-state index in [1.807, 2.05) is 0 Å². The van der Waals surface area contributed by atoms with Crippen molar-refractivity contribution in [3.8, 4) is 0 Å². The Morgan fingerprint density at radius 2 is 1.82 bits per heavy atom. The fourth-order valence-corrected chi connectivity index (χ4v) is 4.45. The fourth-order valence-electron chi connectivity index (χ4n) is 4.45. The van der Waals surface area contributed by atoms with E-state index < -0.39 is 0 Å². The summed E-state index contributed by atoms with van der Waals surface area (Å²) in [5, 5.41) is 3.98. The van der Waals surface area contributed by atoms with Crippen LogP contribution in [0.4, 0.5) is 0 Å². The van der Waals surface area contributed by atoms with Gasteiger partial charge in [0.1, 0.15) is 0 Å². The molecule has 1 heterocycles. The van der Waals surface area contributed by atoms with Crippen molar-refractivity contribution in [1.29, 1.82) is 0 Å². The summed E-state index contributed by atoms with van der Waals surface area (Å²) in [6.45, 7) is 5.03. The second-order valence-electron chi connectivity index (χ2n) is 6.88. The molecule has 0 spiro atoms. The van der Waals surface area contributed by atoms with Gasteiger partial charge in [0.2, 0.25) is 0 Å². The number of likely N-dealkylation sites (tertiary alicyclic amines) is 1. The van der Waals surface area contributed by atoms with E-state index in [9.17, 15) is 0 Å². The average Bonchev–Trinajstić information content (AvgIpc) is 2.91. The van der Waals surface area contributed by atoms with Crippen molar-refractivity contribution in [2.24, 2.45) is 17.8 Å². The number of fused-ring (bicyclic) bond motifs is 2. The molecule has 2 bridgehead atoms. The molecule has 2 heteroatoms. The third-order valence-electron chi connectivity index (χ3n) is 5.69. The molecule has 2 nitrogen and oxygen atoms in total. The number of piperidine rings is 1. The van der Waals surface area contributed by atoms with Gasteiger partial charge >= 0.3 is 0 Å². The second-order valence-corrected chi connectivity index (χ2v) is 6.88. The van der Waals surface area contributed by atoms with Crippen LogP contribution in [-0.4, -0.2) is 37.1 Å². The van der Waals surface area contributed by atoms with E-state index in [0.29, 0.717) is 0 Å². The van der Waals surface area contributed by atoms with Gasteiger partial charge in [-0.05, 0) is 76.9 Å². The van der Waals surface area contributed by atoms with Gasteiger partial charge in [-0.15, -0.1) is 0 Å². The first-order valence-corrected chi connectivity index (χ1v) is 7.67. The van der Waals surface area contributed by atoms with Gasteiger partial charge < -0.3 is 10.2 Å². The van der Waals surface area contributed by atoms with Crippen molar-refractivity contribution in [2.75, 3.05) is 20.1 Å². The van der Waals surface area contributed by atoms with Crippen molar-refractivity contribution < 1.29 is 0 Å². The van der Waals surface area contributed by atoms with Gasteiger partial charge in [0.15, 0.2) is 0 Å². The fraction of sp³-hybridized carbons (Fsp3) is 1.00. The Kier molecular flexibility index (Phi) is 3.45. The molecule has 4 unspecified atom stereocenters. The summed E-state index contributed by atoms with van der Waals surface area (Å²) >= 11 is 0. The van der Waals surface area contributed by atoms with Crippen LogP contribution in [-0.2, 0) is 0 Å². The summed E-state index contributed by atoms with van der Waals surface area (Å²) in [5.41, 5.74) is 0. The highest BCUT2D eigenvalue weighted by atomic mass is 15.1. The first-order valence-electron chi connectivity index (χ1n) is 7.67. The molecule has 3 fully saturated rings. The van der Waals surface area contributed by atoms with Crippen LogP contribution >= 0.6 is 0 Å². The van der Waals surface area contributed by atoms with Crippen LogP contribution in [0.1, 0.15) is 45.4 Å². The highest BCUT2D eigenvalue weighted by Crippen LogP contribution is 2.44. The minimum atomic E-state index is 0.744. The third-order valence-corrected chi connectivity index (χ3v) is 5.69. The van der Waals surface area contributed by atoms with E-state index in [1.165, 1.54) is 51.6 Å². The molecule has 98 valence electrons. The molecule has 17 heavy (non-hydrogen) atoms. The Labute approximate surface area is 106 Å². The molecule has 0 aromatic rings. The SMILES string of the molecule is CC(NC1CC2CCC1C2)C1CCN(C)CC1. The Morgan fingerprint density at radius 1 is 1.06 bits per heavy atom. The van der Waals surface area contributed by atoms with E-state index in [-0.39, 0.29) is 0 Å². The Balaban J connectivity index is 1.48. The molecular weight excluding hydrogens is 208 g/mol. The maximum Gasteiger partial charge on any atom is 0.0101 e. The number of nitrogens with one attached hydrogen (secondary N) is 1. The summed E-state index contributed by atoms with van der Waals surface area (Å²) in [6.07, 6.45) is 8.81. The molecule has 1 N–H and O–H groups in total. The summed E-state index contributed by atoms with van der Waals surface area (Å²) < 4.78 is 0. The van der Waals surface area contributed by atoms with Crippen molar-refractivity contribution in [3.63, 3.8) is 0 Å². The molecule has 4 atom stereocenters. The molecule has 2 saturated carbocycles. The van der Waals surface area contributed by atoms with Crippen LogP contribution in [0.25, 0.3) is 0 Å². The largest absolute Gasteiger partial charge is 0.311 e. The minimum Gasteiger partial charge on any atom is -0.311 e. The quantitative estimate of drug-likeness (QED) is 0.810. The molecule has 0 radical (unpaired) electrons. The maximum atomic E-state index is 3.98. The highest BCUT2D eigenvalue weighted by molar-refractivity contribution is 4.95. The average molecular weight is 236 g/mol. The van der Waals surface area contributed by atoms with Crippen LogP contribution in [0.2, 0.25) is 0 Å². The van der Waals surface area contributed by atoms with E-state index in [2.05, 4.69) is 24.2 Å². The minimum absolute atomic E-state index is 0.744. The smallest absolute Gasteiger partial charge is 0.0101 e. The molecule has 1 aliphatic heterocycles. The first-order chi connectivity index (χ1) is 8.22. The predicted octanol–water partition coefficient (Wildman–Crippen LogP) is 2.49.